The fourth-order valence-electron chi connectivity index (χ4n) is 2.07. The summed E-state index contributed by atoms with van der Waals surface area (Å²) in [5.74, 6) is 0. The number of nitrogens with zero attached hydrogens (tertiary/aromatic N) is 3. The fourth-order valence-corrected chi connectivity index (χ4v) is 2.07. The lowest BCUT2D eigenvalue weighted by Crippen LogP contribution is -1.96. The molecule has 0 N–H and O–H groups in total. The molecule has 0 aliphatic carbocycles. The lowest BCUT2D eigenvalue weighted by atomic mass is 10.1. The zero-order chi connectivity index (χ0) is 15.1. The summed E-state index contributed by atoms with van der Waals surface area (Å²) in [5.41, 5.74) is 4.80. The first-order chi connectivity index (χ1) is 10.1. The zero-order valence-corrected chi connectivity index (χ0v) is 13.1. The summed E-state index contributed by atoms with van der Waals surface area (Å²) in [6.45, 7) is 7.23. The van der Waals surface area contributed by atoms with E-state index in [0.29, 0.717) is 0 Å². The molecule has 0 saturated heterocycles. The van der Waals surface area contributed by atoms with Gasteiger partial charge in [0.05, 0.1) is 12.7 Å². The minimum absolute atomic E-state index is 0.778. The largest absolute Gasteiger partial charge is 0.248 e. The first kappa shape index (κ1) is 15.2. The minimum atomic E-state index is 0.778. The molecule has 1 aromatic carbocycles. The van der Waals surface area contributed by atoms with E-state index in [1.807, 2.05) is 29.1 Å². The van der Waals surface area contributed by atoms with Gasteiger partial charge in [-0.15, -0.1) is 5.10 Å². The lowest BCUT2D eigenvalue weighted by molar-refractivity contribution is 0.657. The van der Waals surface area contributed by atoms with Crippen LogP contribution in [0.1, 0.15) is 33.6 Å². The molecule has 0 amide bonds. The maximum atomic E-state index is 4.22. The van der Waals surface area contributed by atoms with Gasteiger partial charge in [-0.25, -0.2) is 4.68 Å². The molecule has 0 fully saturated rings. The van der Waals surface area contributed by atoms with Gasteiger partial charge in [-0.1, -0.05) is 58.8 Å². The summed E-state index contributed by atoms with van der Waals surface area (Å²) in [4.78, 5) is 0. The Morgan fingerprint density at radius 2 is 1.86 bits per heavy atom. The Balaban J connectivity index is 1.92. The molecule has 21 heavy (non-hydrogen) atoms. The van der Waals surface area contributed by atoms with E-state index in [2.05, 4.69) is 55.4 Å². The van der Waals surface area contributed by atoms with Crippen LogP contribution in [0.5, 0.6) is 0 Å². The maximum absolute atomic E-state index is 4.22. The maximum Gasteiger partial charge on any atom is 0.113 e. The highest BCUT2D eigenvalue weighted by Crippen LogP contribution is 2.15. The number of aromatic nitrogens is 3. The molecule has 3 heteroatoms. The molecule has 1 aromatic heterocycles. The van der Waals surface area contributed by atoms with E-state index in [0.717, 1.165) is 30.6 Å². The molecular weight excluding hydrogens is 258 g/mol. The molecule has 2 rings (SSSR count). The van der Waals surface area contributed by atoms with E-state index >= 15 is 0 Å². The molecule has 1 heterocycles. The molecule has 2 aromatic rings. The first-order valence-corrected chi connectivity index (χ1v) is 7.39. The highest BCUT2D eigenvalue weighted by molar-refractivity contribution is 5.57. The van der Waals surface area contributed by atoms with Gasteiger partial charge in [0.25, 0.3) is 0 Å². The van der Waals surface area contributed by atoms with E-state index < -0.39 is 0 Å². The van der Waals surface area contributed by atoms with Crippen molar-refractivity contribution in [2.45, 2.75) is 40.2 Å². The lowest BCUT2D eigenvalue weighted by Gasteiger charge is -1.99. The van der Waals surface area contributed by atoms with Crippen LogP contribution in [0.25, 0.3) is 11.3 Å². The summed E-state index contributed by atoms with van der Waals surface area (Å²) >= 11 is 0. The molecule has 0 atom stereocenters. The minimum Gasteiger partial charge on any atom is -0.248 e. The van der Waals surface area contributed by atoms with E-state index in [-0.39, 0.29) is 0 Å². The topological polar surface area (TPSA) is 30.7 Å². The highest BCUT2D eigenvalue weighted by atomic mass is 15.4. The summed E-state index contributed by atoms with van der Waals surface area (Å²) < 4.78 is 1.88. The van der Waals surface area contributed by atoms with Gasteiger partial charge in [0.1, 0.15) is 5.69 Å². The van der Waals surface area contributed by atoms with Crippen molar-refractivity contribution >= 4 is 0 Å². The van der Waals surface area contributed by atoms with Crippen molar-refractivity contribution in [3.8, 4) is 11.3 Å². The average molecular weight is 281 g/mol. The Bertz CT molecular complexity index is 617. The molecule has 0 radical (unpaired) electrons. The normalized spacial score (nSPS) is 11.5. The van der Waals surface area contributed by atoms with Crippen molar-refractivity contribution in [1.82, 2.24) is 15.0 Å². The first-order valence-electron chi connectivity index (χ1n) is 7.39. The third kappa shape index (κ3) is 5.03. The van der Waals surface area contributed by atoms with Crippen LogP contribution < -0.4 is 0 Å². The van der Waals surface area contributed by atoms with Crippen LogP contribution in [0.3, 0.4) is 0 Å². The van der Waals surface area contributed by atoms with Gasteiger partial charge in [0, 0.05) is 5.56 Å². The van der Waals surface area contributed by atoms with E-state index in [4.69, 9.17) is 0 Å². The van der Waals surface area contributed by atoms with Gasteiger partial charge in [0.2, 0.25) is 0 Å². The molecule has 0 unspecified atom stereocenters. The third-order valence-electron chi connectivity index (χ3n) is 3.33. The quantitative estimate of drug-likeness (QED) is 0.722. The number of benzene rings is 1. The van der Waals surface area contributed by atoms with Gasteiger partial charge in [0.15, 0.2) is 0 Å². The van der Waals surface area contributed by atoms with Crippen molar-refractivity contribution in [2.24, 2.45) is 0 Å². The van der Waals surface area contributed by atoms with Gasteiger partial charge >= 0.3 is 0 Å². The van der Waals surface area contributed by atoms with Crippen molar-refractivity contribution in [1.29, 1.82) is 0 Å². The molecule has 0 saturated carbocycles. The monoisotopic (exact) mass is 281 g/mol. The summed E-state index contributed by atoms with van der Waals surface area (Å²) in [5, 5.41) is 8.41. The van der Waals surface area contributed by atoms with Gasteiger partial charge in [-0.05, 0) is 33.6 Å². The van der Waals surface area contributed by atoms with Crippen LogP contribution in [-0.4, -0.2) is 15.0 Å². The fraction of sp³-hybridized carbons (Fsp3) is 0.333. The Morgan fingerprint density at radius 3 is 2.57 bits per heavy atom. The molecular formula is C18H23N3. The van der Waals surface area contributed by atoms with Crippen molar-refractivity contribution in [3.05, 3.63) is 59.8 Å². The molecule has 0 spiro atoms. The molecule has 0 bridgehead atoms. The zero-order valence-electron chi connectivity index (χ0n) is 13.1. The summed E-state index contributed by atoms with van der Waals surface area (Å²) in [6, 6.07) is 10.1. The van der Waals surface area contributed by atoms with Crippen LogP contribution >= 0.6 is 0 Å². The van der Waals surface area contributed by atoms with Crippen LogP contribution in [-0.2, 0) is 6.54 Å². The van der Waals surface area contributed by atoms with E-state index in [1.165, 1.54) is 11.1 Å². The van der Waals surface area contributed by atoms with E-state index in [9.17, 15) is 0 Å². The van der Waals surface area contributed by atoms with Crippen LogP contribution in [0.15, 0.2) is 59.8 Å². The van der Waals surface area contributed by atoms with Crippen molar-refractivity contribution in [2.75, 3.05) is 0 Å². The molecule has 0 aliphatic rings. The second-order valence-electron chi connectivity index (χ2n) is 5.56. The molecule has 110 valence electrons. The van der Waals surface area contributed by atoms with Crippen molar-refractivity contribution in [3.63, 3.8) is 0 Å². The third-order valence-corrected chi connectivity index (χ3v) is 3.33. The predicted octanol–water partition coefficient (Wildman–Crippen LogP) is 4.64. The number of hydrogen-bond acceptors (Lipinski definition) is 2. The SMILES string of the molecule is CC(C)=CCCC(C)=CCn1cc(-c2ccccc2)nn1. The summed E-state index contributed by atoms with van der Waals surface area (Å²) in [7, 11) is 0. The van der Waals surface area contributed by atoms with E-state index in [1.54, 1.807) is 0 Å². The van der Waals surface area contributed by atoms with Crippen LogP contribution in [0.4, 0.5) is 0 Å². The Kier molecular flexibility index (Phi) is 5.50. The summed E-state index contributed by atoms with van der Waals surface area (Å²) in [6.07, 6.45) is 8.71. The van der Waals surface area contributed by atoms with Crippen LogP contribution in [0, 0.1) is 0 Å². The Hall–Kier alpha value is -2.16. The number of allylic oxidation sites excluding steroid dienone is 4. The van der Waals surface area contributed by atoms with Gasteiger partial charge in [-0.2, -0.15) is 0 Å². The van der Waals surface area contributed by atoms with Gasteiger partial charge < -0.3 is 0 Å². The number of hydrogen-bond donors (Lipinski definition) is 0. The second-order valence-corrected chi connectivity index (χ2v) is 5.56. The second kappa shape index (κ2) is 7.58. The number of rotatable bonds is 6. The Morgan fingerprint density at radius 1 is 1.10 bits per heavy atom. The Labute approximate surface area is 127 Å². The molecule has 0 aliphatic heterocycles. The molecule has 3 nitrogen and oxygen atoms in total. The highest BCUT2D eigenvalue weighted by Gasteiger charge is 2.01. The van der Waals surface area contributed by atoms with Crippen LogP contribution in [0.2, 0.25) is 0 Å². The smallest absolute Gasteiger partial charge is 0.113 e. The van der Waals surface area contributed by atoms with Gasteiger partial charge in [-0.3, -0.25) is 0 Å². The predicted molar refractivity (Wildman–Crippen MR) is 87.9 cm³/mol. The standard InChI is InChI=1S/C18H23N3/c1-15(2)8-7-9-16(3)12-13-21-14-18(19-20-21)17-10-5-4-6-11-17/h4-6,8,10-12,14H,7,9,13H2,1-3H3. The van der Waals surface area contributed by atoms with Crippen molar-refractivity contribution < 1.29 is 0 Å². The average Bonchev–Trinajstić information content (AvgIpc) is 2.94.